The molecule has 2 aliphatic heterocycles. The first kappa shape index (κ1) is 19.1. The van der Waals surface area contributed by atoms with E-state index in [0.29, 0.717) is 29.5 Å². The van der Waals surface area contributed by atoms with Gasteiger partial charge < -0.3 is 9.47 Å². The van der Waals surface area contributed by atoms with Crippen molar-refractivity contribution in [3.8, 4) is 17.6 Å². The highest BCUT2D eigenvalue weighted by atomic mass is 35.5. The Bertz CT molecular complexity index is 855. The Morgan fingerprint density at radius 3 is 2.21 bits per heavy atom. The zero-order chi connectivity index (χ0) is 19.3. The summed E-state index contributed by atoms with van der Waals surface area (Å²) in [6.45, 7) is 7.19. The third-order valence-electron chi connectivity index (χ3n) is 5.22. The lowest BCUT2D eigenvalue weighted by molar-refractivity contribution is 0.122. The Labute approximate surface area is 171 Å². The third kappa shape index (κ3) is 4.59. The first-order valence-electron chi connectivity index (χ1n) is 9.73. The van der Waals surface area contributed by atoms with Crippen molar-refractivity contribution in [2.24, 2.45) is 0 Å². The van der Waals surface area contributed by atoms with Gasteiger partial charge in [0.25, 0.3) is 0 Å². The van der Waals surface area contributed by atoms with E-state index in [2.05, 4.69) is 21.9 Å². The van der Waals surface area contributed by atoms with Gasteiger partial charge in [-0.3, -0.25) is 9.80 Å². The van der Waals surface area contributed by atoms with Crippen molar-refractivity contribution in [3.63, 3.8) is 0 Å². The highest BCUT2D eigenvalue weighted by Gasteiger charge is 2.20. The summed E-state index contributed by atoms with van der Waals surface area (Å²) < 4.78 is 11.5. The number of piperazine rings is 1. The van der Waals surface area contributed by atoms with Crippen molar-refractivity contribution in [2.45, 2.75) is 19.5 Å². The van der Waals surface area contributed by atoms with Crippen LogP contribution in [0, 0.1) is 11.3 Å². The number of ether oxygens (including phenoxy) is 2. The molecule has 2 aromatic carbocycles. The average Bonchev–Trinajstić information content (AvgIpc) is 2.96. The lowest BCUT2D eigenvalue weighted by Gasteiger charge is -2.34. The quantitative estimate of drug-likeness (QED) is 0.787. The van der Waals surface area contributed by atoms with Crippen LogP contribution in [0.4, 0.5) is 0 Å². The van der Waals surface area contributed by atoms with Gasteiger partial charge in [0.2, 0.25) is 0 Å². The maximum atomic E-state index is 8.91. The van der Waals surface area contributed by atoms with Crippen LogP contribution >= 0.6 is 11.6 Å². The van der Waals surface area contributed by atoms with Gasteiger partial charge in [0.1, 0.15) is 0 Å². The summed E-state index contributed by atoms with van der Waals surface area (Å²) in [4.78, 5) is 4.91. The maximum Gasteiger partial charge on any atom is 0.179 e. The van der Waals surface area contributed by atoms with Crippen molar-refractivity contribution in [2.75, 3.05) is 39.4 Å². The van der Waals surface area contributed by atoms with E-state index in [0.717, 1.165) is 57.0 Å². The summed E-state index contributed by atoms with van der Waals surface area (Å²) in [5.41, 5.74) is 3.12. The molecule has 0 N–H and O–H groups in total. The van der Waals surface area contributed by atoms with Crippen molar-refractivity contribution >= 4 is 11.6 Å². The molecule has 28 heavy (non-hydrogen) atoms. The summed E-state index contributed by atoms with van der Waals surface area (Å²) in [5.74, 6) is 1.44. The predicted molar refractivity (Wildman–Crippen MR) is 109 cm³/mol. The Hall–Kier alpha value is -2.26. The van der Waals surface area contributed by atoms with Crippen LogP contribution in [0.3, 0.4) is 0 Å². The number of rotatable bonds is 4. The van der Waals surface area contributed by atoms with Crippen molar-refractivity contribution in [3.05, 3.63) is 58.1 Å². The highest BCUT2D eigenvalue weighted by Crippen LogP contribution is 2.38. The Morgan fingerprint density at radius 2 is 1.54 bits per heavy atom. The number of halogens is 1. The molecule has 0 unspecified atom stereocenters. The van der Waals surface area contributed by atoms with Crippen LogP contribution in [-0.4, -0.2) is 49.2 Å². The number of hydrogen-bond donors (Lipinski definition) is 0. The lowest BCUT2D eigenvalue weighted by atomic mass is 10.1. The molecule has 0 atom stereocenters. The largest absolute Gasteiger partial charge is 0.489 e. The van der Waals surface area contributed by atoms with Crippen LogP contribution in [0.15, 0.2) is 36.4 Å². The van der Waals surface area contributed by atoms with Crippen LogP contribution in [0.5, 0.6) is 11.5 Å². The second-order valence-corrected chi connectivity index (χ2v) is 7.72. The Balaban J connectivity index is 1.32. The number of benzene rings is 2. The zero-order valence-electron chi connectivity index (χ0n) is 15.9. The second-order valence-electron chi connectivity index (χ2n) is 7.32. The fourth-order valence-electron chi connectivity index (χ4n) is 3.68. The molecule has 0 aromatic heterocycles. The maximum absolute atomic E-state index is 8.91. The number of nitrogens with zero attached hydrogens (tertiary/aromatic N) is 3. The molecule has 6 heteroatoms. The standard InChI is InChI=1S/C22H24ClN3O2/c23-20-12-19(13-21-22(20)28-11-1-10-27-21)16-26-8-6-25(7-9-26)15-18-4-2-17(14-24)3-5-18/h2-5,12-13H,1,6-11,15-16H2. The van der Waals surface area contributed by atoms with Gasteiger partial charge in [-0.15, -0.1) is 0 Å². The summed E-state index contributed by atoms with van der Waals surface area (Å²) >= 11 is 6.42. The van der Waals surface area contributed by atoms with Gasteiger partial charge in [0, 0.05) is 45.7 Å². The van der Waals surface area contributed by atoms with Gasteiger partial charge >= 0.3 is 0 Å². The van der Waals surface area contributed by atoms with Crippen molar-refractivity contribution in [1.29, 1.82) is 5.26 Å². The molecule has 4 rings (SSSR count). The van der Waals surface area contributed by atoms with Crippen LogP contribution < -0.4 is 9.47 Å². The lowest BCUT2D eigenvalue weighted by Crippen LogP contribution is -2.45. The topological polar surface area (TPSA) is 48.7 Å². The van der Waals surface area contributed by atoms with Gasteiger partial charge in [0.15, 0.2) is 11.5 Å². The molecule has 1 fully saturated rings. The molecule has 2 aliphatic rings. The number of fused-ring (bicyclic) bond motifs is 1. The fourth-order valence-corrected chi connectivity index (χ4v) is 3.97. The van der Waals surface area contributed by atoms with Gasteiger partial charge in [-0.2, -0.15) is 5.26 Å². The normalized spacial score (nSPS) is 17.7. The van der Waals surface area contributed by atoms with E-state index in [1.54, 1.807) is 0 Å². The van der Waals surface area contributed by atoms with E-state index in [1.807, 2.05) is 30.3 Å². The first-order valence-corrected chi connectivity index (χ1v) is 10.1. The van der Waals surface area contributed by atoms with Gasteiger partial charge in [-0.25, -0.2) is 0 Å². The predicted octanol–water partition coefficient (Wildman–Crippen LogP) is 3.69. The minimum Gasteiger partial charge on any atom is -0.489 e. The van der Waals surface area contributed by atoms with Crippen LogP contribution in [0.25, 0.3) is 0 Å². The van der Waals surface area contributed by atoms with Gasteiger partial charge in [-0.05, 0) is 35.4 Å². The van der Waals surface area contributed by atoms with Crippen LogP contribution in [0.2, 0.25) is 5.02 Å². The highest BCUT2D eigenvalue weighted by molar-refractivity contribution is 6.32. The van der Waals surface area contributed by atoms with Crippen molar-refractivity contribution < 1.29 is 9.47 Å². The number of nitriles is 1. The molecule has 2 aromatic rings. The van der Waals surface area contributed by atoms with Gasteiger partial charge in [-0.1, -0.05) is 23.7 Å². The van der Waals surface area contributed by atoms with E-state index >= 15 is 0 Å². The molecule has 1 saturated heterocycles. The molecule has 0 aliphatic carbocycles. The smallest absolute Gasteiger partial charge is 0.179 e. The van der Waals surface area contributed by atoms with Crippen LogP contribution in [-0.2, 0) is 13.1 Å². The molecular weight excluding hydrogens is 374 g/mol. The SMILES string of the molecule is N#Cc1ccc(CN2CCN(Cc3cc(Cl)c4c(c3)OCCCO4)CC2)cc1. The third-order valence-corrected chi connectivity index (χ3v) is 5.50. The zero-order valence-corrected chi connectivity index (χ0v) is 16.6. The summed E-state index contributed by atoms with van der Waals surface area (Å²) in [7, 11) is 0. The molecule has 5 nitrogen and oxygen atoms in total. The number of hydrogen-bond acceptors (Lipinski definition) is 5. The second kappa shape index (κ2) is 8.83. The molecule has 0 spiro atoms. The molecule has 0 saturated carbocycles. The monoisotopic (exact) mass is 397 g/mol. The molecule has 0 radical (unpaired) electrons. The Morgan fingerprint density at radius 1 is 0.893 bits per heavy atom. The average molecular weight is 398 g/mol. The molecule has 0 amide bonds. The fraction of sp³-hybridized carbons (Fsp3) is 0.409. The van der Waals surface area contributed by atoms with Crippen molar-refractivity contribution in [1.82, 2.24) is 9.80 Å². The van der Waals surface area contributed by atoms with Crippen LogP contribution in [0.1, 0.15) is 23.1 Å². The summed E-state index contributed by atoms with van der Waals surface area (Å²) in [6, 6.07) is 14.1. The van der Waals surface area contributed by atoms with E-state index in [4.69, 9.17) is 26.3 Å². The summed E-state index contributed by atoms with van der Waals surface area (Å²) in [5, 5.41) is 9.54. The van der Waals surface area contributed by atoms with Gasteiger partial charge in [0.05, 0.1) is 29.9 Å². The first-order chi connectivity index (χ1) is 13.7. The molecular formula is C22H24ClN3O2. The summed E-state index contributed by atoms with van der Waals surface area (Å²) in [6.07, 6.45) is 0.877. The van der Waals surface area contributed by atoms with E-state index in [1.165, 1.54) is 5.56 Å². The minimum absolute atomic E-state index is 0.633. The minimum atomic E-state index is 0.633. The molecule has 0 bridgehead atoms. The van der Waals surface area contributed by atoms with E-state index in [-0.39, 0.29) is 0 Å². The van der Waals surface area contributed by atoms with E-state index < -0.39 is 0 Å². The molecule has 2 heterocycles. The Kier molecular flexibility index (Phi) is 6.01. The van der Waals surface area contributed by atoms with E-state index in [9.17, 15) is 0 Å². The molecule has 146 valence electrons.